The maximum atomic E-state index is 12.9. The third-order valence-electron chi connectivity index (χ3n) is 1.35. The summed E-state index contributed by atoms with van der Waals surface area (Å²) in [5, 5.41) is 8.36. The molecule has 5 heteroatoms. The van der Waals surface area contributed by atoms with E-state index >= 15 is 0 Å². The Morgan fingerprint density at radius 1 is 1.50 bits per heavy atom. The van der Waals surface area contributed by atoms with Crippen LogP contribution in [0.1, 0.15) is 0 Å². The van der Waals surface area contributed by atoms with Crippen LogP contribution >= 0.6 is 0 Å². The lowest BCUT2D eigenvalue weighted by atomic mass is 10.3. The van der Waals surface area contributed by atoms with E-state index in [1.807, 2.05) is 0 Å². The van der Waals surface area contributed by atoms with Crippen LogP contribution in [0, 0.1) is 5.82 Å². The summed E-state index contributed by atoms with van der Waals surface area (Å²) in [4.78, 5) is 0. The van der Waals surface area contributed by atoms with Gasteiger partial charge in [-0.15, -0.1) is 0 Å². The first-order valence-corrected chi connectivity index (χ1v) is 3.35. The lowest BCUT2D eigenvalue weighted by Crippen LogP contribution is -2.00. The fourth-order valence-corrected chi connectivity index (χ4v) is 0.811. The Morgan fingerprint density at radius 2 is 2.25 bits per heavy atom. The minimum atomic E-state index is -0.511. The van der Waals surface area contributed by atoms with Crippen molar-refractivity contribution in [2.75, 3.05) is 7.11 Å². The molecular formula is C7H8BFO3. The van der Waals surface area contributed by atoms with Crippen LogP contribution in [0.4, 0.5) is 4.39 Å². The van der Waals surface area contributed by atoms with Gasteiger partial charge in [-0.2, -0.15) is 0 Å². The Kier molecular flexibility index (Phi) is 2.93. The molecule has 1 aromatic carbocycles. The maximum Gasteiger partial charge on any atom is 0.504 e. The molecule has 0 spiro atoms. The summed E-state index contributed by atoms with van der Waals surface area (Å²) < 4.78 is 22.2. The van der Waals surface area contributed by atoms with Crippen LogP contribution in [0.5, 0.6) is 11.5 Å². The van der Waals surface area contributed by atoms with Crippen LogP contribution in [0.3, 0.4) is 0 Å². The summed E-state index contributed by atoms with van der Waals surface area (Å²) in [5.41, 5.74) is 0. The summed E-state index contributed by atoms with van der Waals surface area (Å²) in [6.45, 7) is 0. The van der Waals surface area contributed by atoms with Gasteiger partial charge in [0.1, 0.15) is 5.75 Å². The molecule has 0 heterocycles. The molecule has 0 amide bonds. The van der Waals surface area contributed by atoms with Gasteiger partial charge in [-0.3, -0.25) is 0 Å². The fraction of sp³-hybridized carbons (Fsp3) is 0.143. The molecule has 64 valence electrons. The first-order valence-electron chi connectivity index (χ1n) is 3.35. The molecule has 0 fully saturated rings. The van der Waals surface area contributed by atoms with Gasteiger partial charge in [0.15, 0.2) is 11.6 Å². The van der Waals surface area contributed by atoms with Crippen molar-refractivity contribution in [3.63, 3.8) is 0 Å². The van der Waals surface area contributed by atoms with Gasteiger partial charge in [0.2, 0.25) is 0 Å². The zero-order chi connectivity index (χ0) is 8.97. The van der Waals surface area contributed by atoms with E-state index in [9.17, 15) is 4.39 Å². The second-order valence-corrected chi connectivity index (χ2v) is 2.07. The molecule has 1 N–H and O–H groups in total. The molecule has 0 unspecified atom stereocenters. The SMILES string of the molecule is COc1ccc(OBO)cc1F. The summed E-state index contributed by atoms with van der Waals surface area (Å²) in [7, 11) is 0.913. The standard InChI is InChI=1S/C7H8BFO3/c1-11-7-3-2-5(12-8-10)4-6(7)9/h2-4,8,10H,1H3. The van der Waals surface area contributed by atoms with Crippen molar-refractivity contribution in [3.8, 4) is 11.5 Å². The first kappa shape index (κ1) is 8.87. The Labute approximate surface area is 70.0 Å². The molecule has 1 rings (SSSR count). The largest absolute Gasteiger partial charge is 0.539 e. The predicted molar refractivity (Wildman–Crippen MR) is 42.9 cm³/mol. The van der Waals surface area contributed by atoms with Gasteiger partial charge in [-0.05, 0) is 12.1 Å². The molecule has 12 heavy (non-hydrogen) atoms. The number of hydrogen-bond acceptors (Lipinski definition) is 3. The molecule has 0 aliphatic carbocycles. The zero-order valence-electron chi connectivity index (χ0n) is 6.58. The lowest BCUT2D eigenvalue weighted by molar-refractivity contribution is 0.383. The smallest absolute Gasteiger partial charge is 0.504 e. The predicted octanol–water partition coefficient (Wildman–Crippen LogP) is 0.472. The van der Waals surface area contributed by atoms with Crippen molar-refractivity contribution in [1.29, 1.82) is 0 Å². The molecule has 3 nitrogen and oxygen atoms in total. The summed E-state index contributed by atoms with van der Waals surface area (Å²) in [5.74, 6) is -0.0838. The molecule has 0 atom stereocenters. The Hall–Kier alpha value is -1.23. The van der Waals surface area contributed by atoms with Crippen molar-refractivity contribution in [2.24, 2.45) is 0 Å². The van der Waals surface area contributed by atoms with Crippen molar-refractivity contribution >= 4 is 7.69 Å². The van der Waals surface area contributed by atoms with E-state index in [2.05, 4.69) is 9.39 Å². The van der Waals surface area contributed by atoms with E-state index in [-0.39, 0.29) is 11.5 Å². The second kappa shape index (κ2) is 3.97. The van der Waals surface area contributed by atoms with Gasteiger partial charge in [-0.1, -0.05) is 0 Å². The van der Waals surface area contributed by atoms with Gasteiger partial charge in [0.05, 0.1) is 7.11 Å². The minimum absolute atomic E-state index is 0.153. The number of rotatable bonds is 3. The summed E-state index contributed by atoms with van der Waals surface area (Å²) in [6, 6.07) is 4.09. The number of hydrogen-bond donors (Lipinski definition) is 1. The van der Waals surface area contributed by atoms with E-state index in [1.165, 1.54) is 19.2 Å². The molecule has 0 aliphatic rings. The maximum absolute atomic E-state index is 12.9. The van der Waals surface area contributed by atoms with Gasteiger partial charge in [-0.25, -0.2) is 4.39 Å². The van der Waals surface area contributed by atoms with E-state index in [4.69, 9.17) is 5.02 Å². The van der Waals surface area contributed by atoms with Crippen LogP contribution in [0.2, 0.25) is 0 Å². The van der Waals surface area contributed by atoms with Gasteiger partial charge >= 0.3 is 7.69 Å². The monoisotopic (exact) mass is 170 g/mol. The van der Waals surface area contributed by atoms with E-state index in [0.29, 0.717) is 0 Å². The van der Waals surface area contributed by atoms with Gasteiger partial charge in [0, 0.05) is 6.07 Å². The average Bonchev–Trinajstić information content (AvgIpc) is 2.05. The fourth-order valence-electron chi connectivity index (χ4n) is 0.811. The highest BCUT2D eigenvalue weighted by Gasteiger charge is 2.03. The minimum Gasteiger partial charge on any atom is -0.539 e. The van der Waals surface area contributed by atoms with Crippen LogP contribution in [-0.4, -0.2) is 19.8 Å². The Balaban J connectivity index is 2.86. The van der Waals surface area contributed by atoms with E-state index in [0.717, 1.165) is 6.07 Å². The zero-order valence-corrected chi connectivity index (χ0v) is 6.58. The summed E-state index contributed by atoms with van der Waals surface area (Å²) >= 11 is 0. The molecule has 0 saturated carbocycles. The number of halogens is 1. The van der Waals surface area contributed by atoms with Gasteiger partial charge < -0.3 is 14.4 Å². The molecule has 1 aromatic rings. The third kappa shape index (κ3) is 1.89. The van der Waals surface area contributed by atoms with Crippen LogP contribution in [0.15, 0.2) is 18.2 Å². The normalized spacial score (nSPS) is 9.25. The Morgan fingerprint density at radius 3 is 2.75 bits per heavy atom. The van der Waals surface area contributed by atoms with Crippen molar-refractivity contribution < 1.29 is 18.8 Å². The quantitative estimate of drug-likeness (QED) is 0.670. The molecule has 0 radical (unpaired) electrons. The first-order chi connectivity index (χ1) is 5.77. The molecular weight excluding hydrogens is 162 g/mol. The van der Waals surface area contributed by atoms with Crippen LogP contribution < -0.4 is 9.39 Å². The third-order valence-corrected chi connectivity index (χ3v) is 1.35. The van der Waals surface area contributed by atoms with Crippen molar-refractivity contribution in [2.45, 2.75) is 0 Å². The van der Waals surface area contributed by atoms with Crippen LogP contribution in [-0.2, 0) is 0 Å². The van der Waals surface area contributed by atoms with E-state index < -0.39 is 13.5 Å². The Bertz CT molecular complexity index is 267. The average molecular weight is 170 g/mol. The number of methoxy groups -OCH3 is 1. The molecule has 0 aliphatic heterocycles. The number of ether oxygens (including phenoxy) is 1. The highest BCUT2D eigenvalue weighted by atomic mass is 19.1. The van der Waals surface area contributed by atoms with Crippen molar-refractivity contribution in [3.05, 3.63) is 24.0 Å². The van der Waals surface area contributed by atoms with Crippen molar-refractivity contribution in [1.82, 2.24) is 0 Å². The summed E-state index contributed by atoms with van der Waals surface area (Å²) in [6.07, 6.45) is 0. The molecule has 0 bridgehead atoms. The molecule has 0 saturated heterocycles. The highest BCUT2D eigenvalue weighted by molar-refractivity contribution is 6.17. The topological polar surface area (TPSA) is 38.7 Å². The number of benzene rings is 1. The van der Waals surface area contributed by atoms with E-state index in [1.54, 1.807) is 0 Å². The second-order valence-electron chi connectivity index (χ2n) is 2.07. The lowest BCUT2D eigenvalue weighted by Gasteiger charge is -2.04. The highest BCUT2D eigenvalue weighted by Crippen LogP contribution is 2.21. The van der Waals surface area contributed by atoms with Gasteiger partial charge in [0.25, 0.3) is 0 Å². The van der Waals surface area contributed by atoms with Crippen LogP contribution in [0.25, 0.3) is 0 Å². The molecule has 0 aromatic heterocycles.